The Morgan fingerprint density at radius 3 is 1.74 bits per heavy atom. The van der Waals surface area contributed by atoms with E-state index in [9.17, 15) is 0 Å². The van der Waals surface area contributed by atoms with Gasteiger partial charge in [0.05, 0.1) is 13.2 Å². The van der Waals surface area contributed by atoms with Crippen LogP contribution in [0.15, 0.2) is 84.9 Å². The summed E-state index contributed by atoms with van der Waals surface area (Å²) in [6, 6.07) is 30.8. The first-order valence-electron chi connectivity index (χ1n) is 11.3. The van der Waals surface area contributed by atoms with Crippen molar-refractivity contribution < 1.29 is 4.74 Å². The van der Waals surface area contributed by atoms with Crippen molar-refractivity contribution in [1.82, 2.24) is 9.80 Å². The SMILES string of the molecule is c1ccc2c(CN(CCN3CCOCC3)Cc3cccc4ccccc34)cccc2c1. The minimum Gasteiger partial charge on any atom is -0.379 e. The standard InChI is InChI=1S/C28H30N2O/c1-3-13-27-23(7-1)9-5-11-25(27)21-30(16-15-29-17-19-31-20-18-29)22-26-12-6-10-24-8-2-4-14-28(24)26/h1-14H,15-22H2. The molecule has 1 aliphatic heterocycles. The van der Waals surface area contributed by atoms with Gasteiger partial charge in [-0.3, -0.25) is 9.80 Å². The Morgan fingerprint density at radius 1 is 0.645 bits per heavy atom. The van der Waals surface area contributed by atoms with Crippen LogP contribution in [0, 0.1) is 0 Å². The molecule has 0 amide bonds. The molecule has 31 heavy (non-hydrogen) atoms. The van der Waals surface area contributed by atoms with E-state index in [2.05, 4.69) is 94.7 Å². The zero-order valence-corrected chi connectivity index (χ0v) is 18.0. The molecule has 0 N–H and O–H groups in total. The average Bonchev–Trinajstić information content (AvgIpc) is 2.84. The van der Waals surface area contributed by atoms with E-state index in [1.54, 1.807) is 0 Å². The van der Waals surface area contributed by atoms with Crippen molar-refractivity contribution in [3.63, 3.8) is 0 Å². The molecule has 5 rings (SSSR count). The fraction of sp³-hybridized carbons (Fsp3) is 0.286. The van der Waals surface area contributed by atoms with E-state index in [0.29, 0.717) is 0 Å². The number of benzene rings is 4. The quantitative estimate of drug-likeness (QED) is 0.410. The molecule has 3 heteroatoms. The van der Waals surface area contributed by atoms with Gasteiger partial charge in [-0.25, -0.2) is 0 Å². The van der Waals surface area contributed by atoms with Crippen molar-refractivity contribution in [1.29, 1.82) is 0 Å². The Balaban J connectivity index is 1.42. The number of hydrogen-bond acceptors (Lipinski definition) is 3. The molecule has 1 fully saturated rings. The summed E-state index contributed by atoms with van der Waals surface area (Å²) >= 11 is 0. The average molecular weight is 411 g/mol. The van der Waals surface area contributed by atoms with E-state index >= 15 is 0 Å². The monoisotopic (exact) mass is 410 g/mol. The molecule has 0 radical (unpaired) electrons. The van der Waals surface area contributed by atoms with Gasteiger partial charge in [0.2, 0.25) is 0 Å². The number of hydrogen-bond donors (Lipinski definition) is 0. The van der Waals surface area contributed by atoms with Gasteiger partial charge in [0.1, 0.15) is 0 Å². The third-order valence-electron chi connectivity index (χ3n) is 6.38. The maximum Gasteiger partial charge on any atom is 0.0594 e. The van der Waals surface area contributed by atoms with Crippen molar-refractivity contribution in [3.8, 4) is 0 Å². The second-order valence-corrected chi connectivity index (χ2v) is 8.44. The Bertz CT molecular complexity index is 1060. The van der Waals surface area contributed by atoms with Crippen LogP contribution in [-0.4, -0.2) is 49.2 Å². The molecule has 0 atom stereocenters. The van der Waals surface area contributed by atoms with Gasteiger partial charge in [0, 0.05) is 39.3 Å². The fourth-order valence-electron chi connectivity index (χ4n) is 4.66. The van der Waals surface area contributed by atoms with Crippen molar-refractivity contribution in [2.45, 2.75) is 13.1 Å². The highest BCUT2D eigenvalue weighted by Gasteiger charge is 2.15. The zero-order valence-electron chi connectivity index (χ0n) is 18.0. The van der Waals surface area contributed by atoms with Crippen LogP contribution in [0.2, 0.25) is 0 Å². The largest absolute Gasteiger partial charge is 0.379 e. The molecule has 1 heterocycles. The van der Waals surface area contributed by atoms with Crippen LogP contribution in [0.4, 0.5) is 0 Å². The molecule has 0 saturated carbocycles. The highest BCUT2D eigenvalue weighted by molar-refractivity contribution is 5.86. The summed E-state index contributed by atoms with van der Waals surface area (Å²) in [5.41, 5.74) is 2.81. The minimum atomic E-state index is 0.854. The summed E-state index contributed by atoms with van der Waals surface area (Å²) in [5.74, 6) is 0. The molecule has 0 unspecified atom stereocenters. The Labute approximate surface area is 184 Å². The molecule has 4 aromatic rings. The molecule has 158 valence electrons. The normalized spacial score (nSPS) is 15.1. The lowest BCUT2D eigenvalue weighted by molar-refractivity contribution is 0.0325. The van der Waals surface area contributed by atoms with E-state index in [1.807, 2.05) is 0 Å². The number of morpholine rings is 1. The summed E-state index contributed by atoms with van der Waals surface area (Å²) in [6.45, 7) is 7.82. The van der Waals surface area contributed by atoms with E-state index in [4.69, 9.17) is 4.74 Å². The molecule has 0 aliphatic carbocycles. The second kappa shape index (κ2) is 9.61. The molecule has 0 aromatic heterocycles. The van der Waals surface area contributed by atoms with Gasteiger partial charge in [-0.1, -0.05) is 84.9 Å². The lowest BCUT2D eigenvalue weighted by atomic mass is 10.0. The van der Waals surface area contributed by atoms with Crippen molar-refractivity contribution in [3.05, 3.63) is 96.1 Å². The van der Waals surface area contributed by atoms with Crippen LogP contribution >= 0.6 is 0 Å². The third-order valence-corrected chi connectivity index (χ3v) is 6.38. The van der Waals surface area contributed by atoms with Crippen LogP contribution in [0.5, 0.6) is 0 Å². The van der Waals surface area contributed by atoms with Gasteiger partial charge >= 0.3 is 0 Å². The third kappa shape index (κ3) is 4.80. The Kier molecular flexibility index (Phi) is 6.26. The Hall–Kier alpha value is -2.72. The molecule has 1 aliphatic rings. The summed E-state index contributed by atoms with van der Waals surface area (Å²) in [4.78, 5) is 5.14. The van der Waals surface area contributed by atoms with Crippen molar-refractivity contribution >= 4 is 21.5 Å². The highest BCUT2D eigenvalue weighted by Crippen LogP contribution is 2.23. The van der Waals surface area contributed by atoms with E-state index in [-0.39, 0.29) is 0 Å². The number of nitrogens with zero attached hydrogens (tertiary/aromatic N) is 2. The molecule has 0 spiro atoms. The van der Waals surface area contributed by atoms with Crippen LogP contribution in [0.1, 0.15) is 11.1 Å². The maximum absolute atomic E-state index is 5.54. The number of fused-ring (bicyclic) bond motifs is 2. The first-order valence-corrected chi connectivity index (χ1v) is 11.3. The Morgan fingerprint density at radius 2 is 1.16 bits per heavy atom. The lowest BCUT2D eigenvalue weighted by Crippen LogP contribution is -2.41. The summed E-state index contributed by atoms with van der Waals surface area (Å²) < 4.78 is 5.54. The molecular formula is C28H30N2O. The lowest BCUT2D eigenvalue weighted by Gasteiger charge is -2.30. The van der Waals surface area contributed by atoms with E-state index in [0.717, 1.165) is 52.5 Å². The minimum absolute atomic E-state index is 0.854. The molecule has 0 bridgehead atoms. The first-order chi connectivity index (χ1) is 15.4. The van der Waals surface area contributed by atoms with Crippen LogP contribution < -0.4 is 0 Å². The van der Waals surface area contributed by atoms with Gasteiger partial charge in [0.15, 0.2) is 0 Å². The summed E-state index contributed by atoms with van der Waals surface area (Å²) in [7, 11) is 0. The first kappa shape index (κ1) is 20.2. The van der Waals surface area contributed by atoms with Crippen molar-refractivity contribution in [2.24, 2.45) is 0 Å². The predicted octanol–water partition coefficient (Wildman–Crippen LogP) is 5.33. The van der Waals surface area contributed by atoms with Gasteiger partial charge in [-0.15, -0.1) is 0 Å². The van der Waals surface area contributed by atoms with Crippen LogP contribution in [0.25, 0.3) is 21.5 Å². The smallest absolute Gasteiger partial charge is 0.0594 e. The maximum atomic E-state index is 5.54. The molecule has 1 saturated heterocycles. The van der Waals surface area contributed by atoms with Gasteiger partial charge in [-0.05, 0) is 32.7 Å². The summed E-state index contributed by atoms with van der Waals surface area (Å²) in [6.07, 6.45) is 0. The van der Waals surface area contributed by atoms with Gasteiger partial charge < -0.3 is 4.74 Å². The summed E-state index contributed by atoms with van der Waals surface area (Å²) in [5, 5.41) is 5.36. The van der Waals surface area contributed by atoms with Gasteiger partial charge in [0.25, 0.3) is 0 Å². The van der Waals surface area contributed by atoms with E-state index in [1.165, 1.54) is 32.7 Å². The molecule has 4 aromatic carbocycles. The fourth-order valence-corrected chi connectivity index (χ4v) is 4.66. The topological polar surface area (TPSA) is 15.7 Å². The van der Waals surface area contributed by atoms with E-state index < -0.39 is 0 Å². The molecular weight excluding hydrogens is 380 g/mol. The number of ether oxygens (including phenoxy) is 1. The number of rotatable bonds is 7. The predicted molar refractivity (Wildman–Crippen MR) is 129 cm³/mol. The zero-order chi connectivity index (χ0) is 20.9. The highest BCUT2D eigenvalue weighted by atomic mass is 16.5. The van der Waals surface area contributed by atoms with Gasteiger partial charge in [-0.2, -0.15) is 0 Å². The van der Waals surface area contributed by atoms with Crippen LogP contribution in [-0.2, 0) is 17.8 Å². The van der Waals surface area contributed by atoms with Crippen molar-refractivity contribution in [2.75, 3.05) is 39.4 Å². The second-order valence-electron chi connectivity index (χ2n) is 8.44. The molecule has 3 nitrogen and oxygen atoms in total. The van der Waals surface area contributed by atoms with Crippen LogP contribution in [0.3, 0.4) is 0 Å².